The standard InChI is InChI=1S/C36H45N7O12/c44-28(45)10-16-37-22-4-1-7-25(34(22)40-19-13-31(50)51)43(26-8-2-5-23(38-17-11-29(46)47)35(26)41-20-14-32(52)53)27-9-3-6-24(39-18-12-30(48)49)36(27)42-21-15-33(54)55/h1-9,37-42H,10-21H2,(H,44,45)(H,46,47)(H,48,49)(H,50,51)(H,52,53)(H,54,55). The monoisotopic (exact) mass is 767 g/mol. The lowest BCUT2D eigenvalue weighted by Gasteiger charge is -2.34. The molecule has 0 aliphatic rings. The van der Waals surface area contributed by atoms with Gasteiger partial charge in [-0.1, -0.05) is 18.2 Å². The summed E-state index contributed by atoms with van der Waals surface area (Å²) in [5.41, 5.74) is 3.36. The Balaban J connectivity index is 2.43. The molecular weight excluding hydrogens is 722 g/mol. The fourth-order valence-corrected chi connectivity index (χ4v) is 5.36. The van der Waals surface area contributed by atoms with Gasteiger partial charge in [0.15, 0.2) is 0 Å². The lowest BCUT2D eigenvalue weighted by atomic mass is 10.1. The summed E-state index contributed by atoms with van der Waals surface area (Å²) in [6, 6.07) is 15.1. The predicted octanol–water partition coefficient (Wildman–Crippen LogP) is 4.48. The number of anilines is 9. The van der Waals surface area contributed by atoms with Crippen LogP contribution in [-0.4, -0.2) is 106 Å². The Hall–Kier alpha value is -6.92. The van der Waals surface area contributed by atoms with Gasteiger partial charge in [0.25, 0.3) is 0 Å². The lowest BCUT2D eigenvalue weighted by Crippen LogP contribution is -2.21. The summed E-state index contributed by atoms with van der Waals surface area (Å²) in [5, 5.41) is 75.1. The number of nitrogens with zero attached hydrogens (tertiary/aromatic N) is 1. The van der Waals surface area contributed by atoms with Gasteiger partial charge in [-0.25, -0.2) is 0 Å². The van der Waals surface area contributed by atoms with E-state index in [9.17, 15) is 59.4 Å². The van der Waals surface area contributed by atoms with E-state index in [1.54, 1.807) is 59.5 Å². The zero-order valence-electron chi connectivity index (χ0n) is 29.8. The van der Waals surface area contributed by atoms with Crippen LogP contribution < -0.4 is 36.8 Å². The Bertz CT molecular complexity index is 1630. The summed E-state index contributed by atoms with van der Waals surface area (Å²) in [7, 11) is 0. The number of hydrogen-bond donors (Lipinski definition) is 12. The van der Waals surface area contributed by atoms with Crippen molar-refractivity contribution in [1.82, 2.24) is 0 Å². The molecule has 3 aromatic rings. The highest BCUT2D eigenvalue weighted by Crippen LogP contribution is 2.50. The predicted molar refractivity (Wildman–Crippen MR) is 206 cm³/mol. The molecule has 0 bridgehead atoms. The lowest BCUT2D eigenvalue weighted by molar-refractivity contribution is -0.137. The van der Waals surface area contributed by atoms with Gasteiger partial charge in [0.1, 0.15) is 0 Å². The molecule has 0 heterocycles. The zero-order chi connectivity index (χ0) is 40.3. The van der Waals surface area contributed by atoms with Crippen LogP contribution in [0.5, 0.6) is 0 Å². The molecule has 55 heavy (non-hydrogen) atoms. The van der Waals surface area contributed by atoms with Crippen LogP contribution in [0.2, 0.25) is 0 Å². The van der Waals surface area contributed by atoms with Gasteiger partial charge in [-0.15, -0.1) is 0 Å². The molecule has 0 aromatic heterocycles. The molecule has 19 heteroatoms. The first-order valence-corrected chi connectivity index (χ1v) is 17.2. The number of para-hydroxylation sites is 3. The van der Waals surface area contributed by atoms with Crippen molar-refractivity contribution in [1.29, 1.82) is 0 Å². The van der Waals surface area contributed by atoms with Crippen LogP contribution in [-0.2, 0) is 28.8 Å². The SMILES string of the molecule is O=C(O)CCNc1cccc(N(c2cccc(NCCC(=O)O)c2NCCC(=O)O)c2cccc(NCCC(=O)O)c2NCCC(=O)O)c1NCCC(=O)O. The Morgan fingerprint density at radius 3 is 0.800 bits per heavy atom. The third kappa shape index (κ3) is 13.9. The highest BCUT2D eigenvalue weighted by Gasteiger charge is 2.26. The van der Waals surface area contributed by atoms with Crippen molar-refractivity contribution in [3.63, 3.8) is 0 Å². The molecule has 12 N–H and O–H groups in total. The van der Waals surface area contributed by atoms with Gasteiger partial charge >= 0.3 is 35.8 Å². The summed E-state index contributed by atoms with van der Waals surface area (Å²) >= 11 is 0. The average molecular weight is 768 g/mol. The second-order valence-corrected chi connectivity index (χ2v) is 11.9. The molecule has 0 unspecified atom stereocenters. The van der Waals surface area contributed by atoms with Gasteiger partial charge in [0, 0.05) is 39.3 Å². The van der Waals surface area contributed by atoms with E-state index in [0.717, 1.165) is 0 Å². The number of hydrogen-bond acceptors (Lipinski definition) is 13. The molecule has 0 atom stereocenters. The smallest absolute Gasteiger partial charge is 0.305 e. The molecular formula is C36H45N7O12. The van der Waals surface area contributed by atoms with Crippen molar-refractivity contribution < 1.29 is 59.4 Å². The average Bonchev–Trinajstić information content (AvgIpc) is 3.10. The Kier molecular flexibility index (Phi) is 16.7. The van der Waals surface area contributed by atoms with Crippen LogP contribution >= 0.6 is 0 Å². The number of carboxylic acid groups (broad SMARTS) is 6. The van der Waals surface area contributed by atoms with Crippen LogP contribution in [0.4, 0.5) is 51.2 Å². The summed E-state index contributed by atoms with van der Waals surface area (Å²) in [6.07, 6.45) is -1.61. The molecule has 3 rings (SSSR count). The normalized spacial score (nSPS) is 10.5. The first kappa shape index (κ1) is 42.5. The minimum absolute atomic E-state index is 0.00233. The minimum Gasteiger partial charge on any atom is -0.481 e. The fourth-order valence-electron chi connectivity index (χ4n) is 5.36. The Morgan fingerprint density at radius 2 is 0.582 bits per heavy atom. The first-order chi connectivity index (χ1) is 26.3. The summed E-state index contributed by atoms with van der Waals surface area (Å²) in [6.45, 7) is -0.175. The van der Waals surface area contributed by atoms with Crippen molar-refractivity contribution in [2.75, 3.05) is 76.1 Å². The zero-order valence-corrected chi connectivity index (χ0v) is 29.8. The van der Waals surface area contributed by atoms with Gasteiger partial charge in [-0.3, -0.25) is 28.8 Å². The van der Waals surface area contributed by atoms with Crippen LogP contribution in [0.1, 0.15) is 38.5 Å². The molecule has 3 aromatic carbocycles. The van der Waals surface area contributed by atoms with Gasteiger partial charge in [-0.2, -0.15) is 0 Å². The molecule has 0 radical (unpaired) electrons. The van der Waals surface area contributed by atoms with E-state index in [1.165, 1.54) is 0 Å². The number of aliphatic carboxylic acids is 6. The molecule has 0 fully saturated rings. The van der Waals surface area contributed by atoms with Crippen LogP contribution in [0.3, 0.4) is 0 Å². The summed E-state index contributed by atoms with van der Waals surface area (Å²) < 4.78 is 0. The Morgan fingerprint density at radius 1 is 0.364 bits per heavy atom. The molecule has 19 nitrogen and oxygen atoms in total. The number of rotatable bonds is 27. The number of carboxylic acids is 6. The van der Waals surface area contributed by atoms with E-state index in [-0.39, 0.29) is 77.8 Å². The van der Waals surface area contributed by atoms with Crippen molar-refractivity contribution in [3.05, 3.63) is 54.6 Å². The van der Waals surface area contributed by atoms with Gasteiger partial charge in [-0.05, 0) is 36.4 Å². The quantitative estimate of drug-likeness (QED) is 0.0509. The van der Waals surface area contributed by atoms with E-state index in [0.29, 0.717) is 51.2 Å². The molecule has 0 amide bonds. The molecule has 0 spiro atoms. The van der Waals surface area contributed by atoms with Crippen molar-refractivity contribution in [2.24, 2.45) is 0 Å². The van der Waals surface area contributed by atoms with Crippen molar-refractivity contribution >= 4 is 87.0 Å². The van der Waals surface area contributed by atoms with Crippen LogP contribution in [0.15, 0.2) is 54.6 Å². The number of carbonyl (C=O) groups is 6. The third-order valence-corrected chi connectivity index (χ3v) is 7.73. The second kappa shape index (κ2) is 21.6. The Labute approximate surface area is 315 Å². The molecule has 0 aliphatic heterocycles. The van der Waals surface area contributed by atoms with Crippen LogP contribution in [0.25, 0.3) is 0 Å². The van der Waals surface area contributed by atoms with Gasteiger partial charge in [0.2, 0.25) is 0 Å². The maximum atomic E-state index is 11.6. The van der Waals surface area contributed by atoms with Gasteiger partial charge in [0.05, 0.1) is 89.7 Å². The maximum Gasteiger partial charge on any atom is 0.305 e. The topological polar surface area (TPSA) is 299 Å². The molecule has 296 valence electrons. The summed E-state index contributed by atoms with van der Waals surface area (Å²) in [5.74, 6) is -6.43. The molecule has 0 saturated heterocycles. The first-order valence-electron chi connectivity index (χ1n) is 17.2. The van der Waals surface area contributed by atoms with Gasteiger partial charge < -0.3 is 67.4 Å². The van der Waals surface area contributed by atoms with E-state index in [2.05, 4.69) is 31.9 Å². The molecule has 0 aliphatic carbocycles. The highest BCUT2D eigenvalue weighted by molar-refractivity contribution is 6.01. The summed E-state index contributed by atoms with van der Waals surface area (Å²) in [4.78, 5) is 70.7. The maximum absolute atomic E-state index is 11.6. The highest BCUT2D eigenvalue weighted by atomic mass is 16.4. The molecule has 0 saturated carbocycles. The fraction of sp³-hybridized carbons (Fsp3) is 0.333. The minimum atomic E-state index is -1.09. The number of benzene rings is 3. The van der Waals surface area contributed by atoms with E-state index >= 15 is 0 Å². The van der Waals surface area contributed by atoms with Crippen molar-refractivity contribution in [3.8, 4) is 0 Å². The van der Waals surface area contributed by atoms with E-state index in [1.807, 2.05) is 0 Å². The second-order valence-electron chi connectivity index (χ2n) is 11.9. The third-order valence-electron chi connectivity index (χ3n) is 7.73. The van der Waals surface area contributed by atoms with E-state index in [4.69, 9.17) is 0 Å². The number of nitrogens with one attached hydrogen (secondary N) is 6. The van der Waals surface area contributed by atoms with Crippen molar-refractivity contribution in [2.45, 2.75) is 38.5 Å². The largest absolute Gasteiger partial charge is 0.481 e. The van der Waals surface area contributed by atoms with E-state index < -0.39 is 35.8 Å². The van der Waals surface area contributed by atoms with Crippen LogP contribution in [0, 0.1) is 0 Å².